The Labute approximate surface area is 127 Å². The van der Waals surface area contributed by atoms with E-state index in [-0.39, 0.29) is 18.1 Å². The van der Waals surface area contributed by atoms with E-state index in [1.165, 1.54) is 19.3 Å². The number of rotatable bonds is 7. The molecule has 0 aliphatic carbocycles. The highest BCUT2D eigenvalue weighted by Gasteiger charge is 2.36. The van der Waals surface area contributed by atoms with E-state index in [1.54, 1.807) is 7.11 Å². The second-order valence-electron chi connectivity index (χ2n) is 5.66. The molecule has 1 N–H and O–H groups in total. The van der Waals surface area contributed by atoms with Crippen LogP contribution in [0, 0.1) is 0 Å². The molecule has 1 aliphatic heterocycles. The topological polar surface area (TPSA) is 41.6 Å². The minimum Gasteiger partial charge on any atom is -0.497 e. The first-order valence-corrected chi connectivity index (χ1v) is 7.88. The summed E-state index contributed by atoms with van der Waals surface area (Å²) in [4.78, 5) is 14.3. The molecule has 0 saturated carbocycles. The monoisotopic (exact) mass is 290 g/mol. The third kappa shape index (κ3) is 3.76. The van der Waals surface area contributed by atoms with Gasteiger partial charge in [0.15, 0.2) is 0 Å². The molecule has 1 amide bonds. The van der Waals surface area contributed by atoms with Crippen LogP contribution < -0.4 is 10.1 Å². The number of methoxy groups -OCH3 is 1. The maximum Gasteiger partial charge on any atom is 0.241 e. The second-order valence-corrected chi connectivity index (χ2v) is 5.66. The Hall–Kier alpha value is -1.55. The van der Waals surface area contributed by atoms with Crippen molar-refractivity contribution in [3.63, 3.8) is 0 Å². The second kappa shape index (κ2) is 7.46. The summed E-state index contributed by atoms with van der Waals surface area (Å²) in [5.74, 6) is 1.04. The summed E-state index contributed by atoms with van der Waals surface area (Å²) in [6.45, 7) is 4.96. The minimum absolute atomic E-state index is 0.0139. The van der Waals surface area contributed by atoms with E-state index in [1.807, 2.05) is 36.1 Å². The van der Waals surface area contributed by atoms with E-state index in [4.69, 9.17) is 4.74 Å². The molecule has 21 heavy (non-hydrogen) atoms. The van der Waals surface area contributed by atoms with Crippen LogP contribution in [-0.2, 0) is 4.79 Å². The zero-order valence-electron chi connectivity index (χ0n) is 13.3. The molecule has 116 valence electrons. The van der Waals surface area contributed by atoms with Crippen molar-refractivity contribution in [2.24, 2.45) is 0 Å². The molecule has 1 saturated heterocycles. The number of amides is 1. The van der Waals surface area contributed by atoms with Gasteiger partial charge in [0.05, 0.1) is 13.2 Å². The number of carbonyl (C=O) groups is 1. The van der Waals surface area contributed by atoms with Gasteiger partial charge in [-0.25, -0.2) is 0 Å². The van der Waals surface area contributed by atoms with Crippen molar-refractivity contribution < 1.29 is 9.53 Å². The standard InChI is InChI=1S/C17H26N2O2/c1-4-5-6-7-12-19-16(18-13(2)17(19)20)14-8-10-15(21-3)11-9-14/h8-11,13,16,18H,4-7,12H2,1-3H3. The van der Waals surface area contributed by atoms with Crippen molar-refractivity contribution in [1.29, 1.82) is 0 Å². The van der Waals surface area contributed by atoms with Crippen LogP contribution >= 0.6 is 0 Å². The molecule has 0 spiro atoms. The smallest absolute Gasteiger partial charge is 0.241 e. The fourth-order valence-corrected chi connectivity index (χ4v) is 2.78. The third-order valence-corrected chi connectivity index (χ3v) is 4.06. The van der Waals surface area contributed by atoms with Crippen LogP contribution in [0.4, 0.5) is 0 Å². The van der Waals surface area contributed by atoms with Gasteiger partial charge in [-0.05, 0) is 31.0 Å². The van der Waals surface area contributed by atoms with Crippen molar-refractivity contribution in [2.75, 3.05) is 13.7 Å². The lowest BCUT2D eigenvalue weighted by Crippen LogP contribution is -2.31. The zero-order valence-corrected chi connectivity index (χ0v) is 13.3. The molecule has 2 atom stereocenters. The number of benzene rings is 1. The van der Waals surface area contributed by atoms with Crippen molar-refractivity contribution >= 4 is 5.91 Å². The summed E-state index contributed by atoms with van der Waals surface area (Å²) in [5, 5.41) is 3.38. The van der Waals surface area contributed by atoms with Gasteiger partial charge in [0, 0.05) is 6.54 Å². The Bertz CT molecular complexity index is 458. The highest BCUT2D eigenvalue weighted by atomic mass is 16.5. The highest BCUT2D eigenvalue weighted by Crippen LogP contribution is 2.27. The number of nitrogens with one attached hydrogen (secondary N) is 1. The molecule has 0 aromatic heterocycles. The first-order chi connectivity index (χ1) is 10.2. The SMILES string of the molecule is CCCCCCN1C(=O)C(C)NC1c1ccc(OC)cc1. The first-order valence-electron chi connectivity index (χ1n) is 7.88. The molecular weight excluding hydrogens is 264 g/mol. The van der Waals surface area contributed by atoms with Gasteiger partial charge in [0.25, 0.3) is 0 Å². The Balaban J connectivity index is 2.05. The number of unbranched alkanes of at least 4 members (excludes halogenated alkanes) is 3. The molecule has 1 aromatic rings. The molecule has 1 fully saturated rings. The van der Waals surface area contributed by atoms with Gasteiger partial charge >= 0.3 is 0 Å². The van der Waals surface area contributed by atoms with Gasteiger partial charge in [0.1, 0.15) is 11.9 Å². The fraction of sp³-hybridized carbons (Fsp3) is 0.588. The van der Waals surface area contributed by atoms with E-state index in [0.29, 0.717) is 0 Å². The number of hydrogen-bond donors (Lipinski definition) is 1. The molecule has 4 nitrogen and oxygen atoms in total. The average molecular weight is 290 g/mol. The fourth-order valence-electron chi connectivity index (χ4n) is 2.78. The summed E-state index contributed by atoms with van der Waals surface area (Å²) in [7, 11) is 1.66. The van der Waals surface area contributed by atoms with E-state index in [0.717, 1.165) is 24.3 Å². The molecule has 2 rings (SSSR count). The Morgan fingerprint density at radius 2 is 1.90 bits per heavy atom. The van der Waals surface area contributed by atoms with E-state index in [9.17, 15) is 4.79 Å². The summed E-state index contributed by atoms with van der Waals surface area (Å²) in [6, 6.07) is 7.84. The van der Waals surface area contributed by atoms with Crippen molar-refractivity contribution in [3.8, 4) is 5.75 Å². The first kappa shape index (κ1) is 15.8. The Kier molecular flexibility index (Phi) is 5.62. The van der Waals surface area contributed by atoms with Gasteiger partial charge in [-0.2, -0.15) is 0 Å². The van der Waals surface area contributed by atoms with Gasteiger partial charge in [-0.1, -0.05) is 38.3 Å². The van der Waals surface area contributed by atoms with Crippen LogP contribution in [0.25, 0.3) is 0 Å². The number of hydrogen-bond acceptors (Lipinski definition) is 3. The predicted molar refractivity (Wildman–Crippen MR) is 84.2 cm³/mol. The van der Waals surface area contributed by atoms with Gasteiger partial charge in [-0.15, -0.1) is 0 Å². The van der Waals surface area contributed by atoms with E-state index >= 15 is 0 Å². The van der Waals surface area contributed by atoms with Crippen molar-refractivity contribution in [3.05, 3.63) is 29.8 Å². The van der Waals surface area contributed by atoms with Crippen LogP contribution in [0.2, 0.25) is 0 Å². The lowest BCUT2D eigenvalue weighted by Gasteiger charge is -2.24. The lowest BCUT2D eigenvalue weighted by molar-refractivity contribution is -0.129. The molecule has 2 unspecified atom stereocenters. The molecular formula is C17H26N2O2. The average Bonchev–Trinajstić information content (AvgIpc) is 2.80. The van der Waals surface area contributed by atoms with Crippen LogP contribution in [0.15, 0.2) is 24.3 Å². The number of ether oxygens (including phenoxy) is 1. The summed E-state index contributed by atoms with van der Waals surface area (Å²) in [5.41, 5.74) is 1.11. The Morgan fingerprint density at radius 1 is 1.19 bits per heavy atom. The molecule has 0 bridgehead atoms. The van der Waals surface area contributed by atoms with Crippen molar-refractivity contribution in [1.82, 2.24) is 10.2 Å². The molecule has 4 heteroatoms. The number of carbonyl (C=O) groups excluding carboxylic acids is 1. The quantitative estimate of drug-likeness (QED) is 0.785. The zero-order chi connectivity index (χ0) is 15.2. The summed E-state index contributed by atoms with van der Waals surface area (Å²) < 4.78 is 5.19. The third-order valence-electron chi connectivity index (χ3n) is 4.06. The van der Waals surface area contributed by atoms with Gasteiger partial charge in [-0.3, -0.25) is 10.1 Å². The van der Waals surface area contributed by atoms with Crippen LogP contribution in [-0.4, -0.2) is 30.5 Å². The van der Waals surface area contributed by atoms with Gasteiger partial charge < -0.3 is 9.64 Å². The van der Waals surface area contributed by atoms with E-state index in [2.05, 4.69) is 12.2 Å². The molecule has 0 radical (unpaired) electrons. The summed E-state index contributed by atoms with van der Waals surface area (Å²) in [6.07, 6.45) is 4.69. The molecule has 1 heterocycles. The van der Waals surface area contributed by atoms with Gasteiger partial charge in [0.2, 0.25) is 5.91 Å². The molecule has 1 aromatic carbocycles. The maximum absolute atomic E-state index is 12.3. The van der Waals surface area contributed by atoms with Crippen LogP contribution in [0.5, 0.6) is 5.75 Å². The normalized spacial score (nSPS) is 21.9. The van der Waals surface area contributed by atoms with E-state index < -0.39 is 0 Å². The summed E-state index contributed by atoms with van der Waals surface area (Å²) >= 11 is 0. The van der Waals surface area contributed by atoms with Crippen LogP contribution in [0.1, 0.15) is 51.3 Å². The number of nitrogens with zero attached hydrogens (tertiary/aromatic N) is 1. The predicted octanol–water partition coefficient (Wildman–Crippen LogP) is 3.09. The maximum atomic E-state index is 12.3. The minimum atomic E-state index is -0.108. The highest BCUT2D eigenvalue weighted by molar-refractivity contribution is 5.84. The largest absolute Gasteiger partial charge is 0.497 e. The van der Waals surface area contributed by atoms with Crippen molar-refractivity contribution in [2.45, 2.75) is 51.7 Å². The lowest BCUT2D eigenvalue weighted by atomic mass is 10.1. The van der Waals surface area contributed by atoms with Crippen LogP contribution in [0.3, 0.4) is 0 Å². The molecule has 1 aliphatic rings. The Morgan fingerprint density at radius 3 is 2.52 bits per heavy atom.